The second kappa shape index (κ2) is 4.00. The molecule has 0 spiro atoms. The number of hydrogen-bond donors (Lipinski definition) is 2. The minimum atomic E-state index is -3.65. The molecule has 0 rings (SSSR count). The average Bonchev–Trinajstić information content (AvgIpc) is 1.35. The van der Waals surface area contributed by atoms with E-state index in [2.05, 4.69) is 0 Å². The summed E-state index contributed by atoms with van der Waals surface area (Å²) in [6.07, 6.45) is -0.0625. The van der Waals surface area contributed by atoms with Crippen LogP contribution in [-0.4, -0.2) is 43.2 Å². The molecule has 0 aliphatic heterocycles. The third-order valence-electron chi connectivity index (χ3n) is 0.412. The average molecular weight is 319 g/mol. The van der Waals surface area contributed by atoms with Gasteiger partial charge in [-0.15, -0.1) is 0 Å². The molecule has 0 aromatic carbocycles. The summed E-state index contributed by atoms with van der Waals surface area (Å²) in [5.74, 6) is 0. The molecule has 0 amide bonds. The third kappa shape index (κ3) is 11.0. The Balaban J connectivity index is 0. The Kier molecular flexibility index (Phi) is 6.26. The molecule has 7 heavy (non-hydrogen) atoms. The van der Waals surface area contributed by atoms with Gasteiger partial charge in [0.05, 0.1) is 0 Å². The van der Waals surface area contributed by atoms with Crippen molar-refractivity contribution in [3.63, 3.8) is 0 Å². The van der Waals surface area contributed by atoms with Crippen LogP contribution in [0.1, 0.15) is 6.92 Å². The summed E-state index contributed by atoms with van der Waals surface area (Å²) < 4.78 is 9.69. The topological polar surface area (TPSA) is 57.5 Å². The van der Waals surface area contributed by atoms with Gasteiger partial charge >= 0.3 is 34.9 Å². The summed E-state index contributed by atoms with van der Waals surface area (Å²) in [5, 5.41) is 0. The van der Waals surface area contributed by atoms with Gasteiger partial charge in [-0.2, -0.15) is 0 Å². The van der Waals surface area contributed by atoms with Crippen LogP contribution >= 0.6 is 7.60 Å². The van der Waals surface area contributed by atoms with Crippen molar-refractivity contribution in [2.24, 2.45) is 0 Å². The Hall–Kier alpha value is 1.07. The van der Waals surface area contributed by atoms with E-state index in [4.69, 9.17) is 9.79 Å². The molecule has 0 saturated carbocycles. The monoisotopic (exact) mass is 320 g/mol. The SMILES string of the molecule is CCP(=O)(O)O.[PbH2]. The van der Waals surface area contributed by atoms with Gasteiger partial charge in [0.15, 0.2) is 0 Å². The number of rotatable bonds is 1. The van der Waals surface area contributed by atoms with Crippen molar-refractivity contribution in [3.8, 4) is 0 Å². The Morgan fingerprint density at radius 3 is 1.71 bits per heavy atom. The van der Waals surface area contributed by atoms with Crippen LogP contribution in [0.5, 0.6) is 0 Å². The first kappa shape index (κ1) is 10.9. The van der Waals surface area contributed by atoms with Crippen molar-refractivity contribution in [1.82, 2.24) is 0 Å². The standard InChI is InChI=1S/C2H7O3P.Pb.2H/c1-2-6(3,4)5;;;/h2H2,1H3,(H2,3,4,5);;;. The van der Waals surface area contributed by atoms with Crippen LogP contribution in [0.3, 0.4) is 0 Å². The van der Waals surface area contributed by atoms with E-state index in [1.54, 1.807) is 0 Å². The molecule has 0 aromatic rings. The molecule has 2 radical (unpaired) electrons. The molecule has 5 heteroatoms. The quantitative estimate of drug-likeness (QED) is 0.495. The van der Waals surface area contributed by atoms with Crippen LogP contribution in [0.4, 0.5) is 0 Å². The fraction of sp³-hybridized carbons (Fsp3) is 1.00. The first-order valence-corrected chi connectivity index (χ1v) is 3.40. The van der Waals surface area contributed by atoms with Gasteiger partial charge in [-0.3, -0.25) is 4.57 Å². The molecule has 44 valence electrons. The minimum absolute atomic E-state index is 0. The van der Waals surface area contributed by atoms with Crippen molar-refractivity contribution in [1.29, 1.82) is 0 Å². The van der Waals surface area contributed by atoms with Crippen molar-refractivity contribution in [3.05, 3.63) is 0 Å². The molecule has 0 aromatic heterocycles. The molecule has 0 atom stereocenters. The van der Waals surface area contributed by atoms with Crippen LogP contribution in [0, 0.1) is 0 Å². The zero-order valence-electron chi connectivity index (χ0n) is 4.16. The van der Waals surface area contributed by atoms with Crippen LogP contribution in [0.15, 0.2) is 0 Å². The van der Waals surface area contributed by atoms with Gasteiger partial charge in [0.2, 0.25) is 0 Å². The van der Waals surface area contributed by atoms with E-state index in [0.29, 0.717) is 0 Å². The third-order valence-corrected chi connectivity index (χ3v) is 1.24. The molecule has 3 nitrogen and oxygen atoms in total. The molecule has 0 aliphatic carbocycles. The normalized spacial score (nSPS) is 10.1. The molecule has 0 fully saturated rings. The van der Waals surface area contributed by atoms with Gasteiger partial charge in [0.25, 0.3) is 0 Å². The summed E-state index contributed by atoms with van der Waals surface area (Å²) in [7, 11) is -3.65. The fourth-order valence-corrected chi connectivity index (χ4v) is 0. The van der Waals surface area contributed by atoms with Crippen LogP contribution < -0.4 is 0 Å². The summed E-state index contributed by atoms with van der Waals surface area (Å²) in [4.78, 5) is 15.9. The Morgan fingerprint density at radius 1 is 1.57 bits per heavy atom. The van der Waals surface area contributed by atoms with Crippen molar-refractivity contribution in [2.45, 2.75) is 6.92 Å². The second-order valence-corrected chi connectivity index (χ2v) is 2.94. The van der Waals surface area contributed by atoms with E-state index in [9.17, 15) is 4.57 Å². The van der Waals surface area contributed by atoms with Crippen molar-refractivity contribution < 1.29 is 14.4 Å². The van der Waals surface area contributed by atoms with Gasteiger partial charge in [-0.05, 0) is 0 Å². The Bertz CT molecular complexity index is 77.0. The molecule has 2 N–H and O–H groups in total. The van der Waals surface area contributed by atoms with Crippen LogP contribution in [0.25, 0.3) is 0 Å². The summed E-state index contributed by atoms with van der Waals surface area (Å²) in [5.41, 5.74) is 0. The van der Waals surface area contributed by atoms with E-state index >= 15 is 0 Å². The molecule has 0 aliphatic rings. The maximum atomic E-state index is 9.69. The number of hydrogen-bond acceptors (Lipinski definition) is 1. The molecule has 0 bridgehead atoms. The first-order valence-electron chi connectivity index (χ1n) is 1.61. The van der Waals surface area contributed by atoms with Crippen LogP contribution in [-0.2, 0) is 4.57 Å². The van der Waals surface area contributed by atoms with Crippen LogP contribution in [0.2, 0.25) is 0 Å². The van der Waals surface area contributed by atoms with Gasteiger partial charge in [0, 0.05) is 6.16 Å². The molecular weight excluding hydrogens is 310 g/mol. The molecule has 0 unspecified atom stereocenters. The fourth-order valence-electron chi connectivity index (χ4n) is 0. The molecule has 0 saturated heterocycles. The van der Waals surface area contributed by atoms with Gasteiger partial charge < -0.3 is 9.79 Å². The van der Waals surface area contributed by atoms with Gasteiger partial charge in [0.1, 0.15) is 0 Å². The summed E-state index contributed by atoms with van der Waals surface area (Å²) >= 11 is 0. The first-order chi connectivity index (χ1) is 2.56. The van der Waals surface area contributed by atoms with Crippen molar-refractivity contribution >= 4 is 34.9 Å². The zero-order valence-corrected chi connectivity index (χ0v) is 10.6. The van der Waals surface area contributed by atoms with E-state index in [-0.39, 0.29) is 33.5 Å². The van der Waals surface area contributed by atoms with Gasteiger partial charge in [-0.25, -0.2) is 0 Å². The predicted octanol–water partition coefficient (Wildman–Crippen LogP) is -0.732. The van der Waals surface area contributed by atoms with Gasteiger partial charge in [-0.1, -0.05) is 6.92 Å². The van der Waals surface area contributed by atoms with E-state index < -0.39 is 7.60 Å². The molecular formula is C2H9O3PPb. The maximum absolute atomic E-state index is 9.69. The van der Waals surface area contributed by atoms with E-state index in [1.165, 1.54) is 6.92 Å². The second-order valence-electron chi connectivity index (χ2n) is 0.981. The predicted molar refractivity (Wildman–Crippen MR) is 31.1 cm³/mol. The Morgan fingerprint density at radius 2 is 1.71 bits per heavy atom. The van der Waals surface area contributed by atoms with Crippen molar-refractivity contribution in [2.75, 3.05) is 6.16 Å². The van der Waals surface area contributed by atoms with E-state index in [1.807, 2.05) is 0 Å². The zero-order chi connectivity index (χ0) is 5.21. The molecule has 0 heterocycles. The Labute approximate surface area is 62.4 Å². The summed E-state index contributed by atoms with van der Waals surface area (Å²) in [6.45, 7) is 1.45. The summed E-state index contributed by atoms with van der Waals surface area (Å²) in [6, 6.07) is 0. The van der Waals surface area contributed by atoms with E-state index in [0.717, 1.165) is 0 Å².